The van der Waals surface area contributed by atoms with Crippen LogP contribution in [-0.4, -0.2) is 18.2 Å². The van der Waals surface area contributed by atoms with E-state index in [2.05, 4.69) is 32.3 Å². The maximum atomic E-state index is 12.9. The minimum absolute atomic E-state index is 0.197. The first-order valence-corrected chi connectivity index (χ1v) is 12.9. The van der Waals surface area contributed by atoms with Gasteiger partial charge < -0.3 is 14.8 Å². The Balaban J connectivity index is 1.49. The molecular weight excluding hydrogens is 536 g/mol. The topological polar surface area (TPSA) is 59.9 Å². The number of thioether (sulfide) groups is 1. The number of fused-ring (bicyclic) bond motifs is 1. The van der Waals surface area contributed by atoms with Gasteiger partial charge in [0.1, 0.15) is 23.8 Å². The van der Waals surface area contributed by atoms with Crippen molar-refractivity contribution >= 4 is 61.3 Å². The molecule has 5 rings (SSSR count). The molecule has 1 fully saturated rings. The highest BCUT2D eigenvalue weighted by Gasteiger charge is 2.25. The Morgan fingerprint density at radius 2 is 1.78 bits per heavy atom. The molecule has 1 saturated heterocycles. The Morgan fingerprint density at radius 1 is 1.00 bits per heavy atom. The molecule has 36 heavy (non-hydrogen) atoms. The number of aryl methyl sites for hydroxylation is 1. The Labute approximate surface area is 222 Å². The van der Waals surface area contributed by atoms with Gasteiger partial charge in [-0.2, -0.15) is 0 Å². The molecular formula is C29H23BrN2O3S. The molecule has 0 aliphatic carbocycles. The van der Waals surface area contributed by atoms with E-state index in [-0.39, 0.29) is 5.91 Å². The maximum Gasteiger partial charge on any atom is 0.264 e. The van der Waals surface area contributed by atoms with Crippen molar-refractivity contribution in [2.24, 2.45) is 4.99 Å². The van der Waals surface area contributed by atoms with E-state index >= 15 is 0 Å². The van der Waals surface area contributed by atoms with Crippen LogP contribution in [0.5, 0.6) is 11.5 Å². The number of hydrogen-bond donors (Lipinski definition) is 1. The normalized spacial score (nSPS) is 15.5. The molecule has 1 N–H and O–H groups in total. The Kier molecular flexibility index (Phi) is 7.11. The van der Waals surface area contributed by atoms with E-state index in [1.807, 2.05) is 85.8 Å². The average Bonchev–Trinajstić information content (AvgIpc) is 3.23. The molecule has 1 heterocycles. The number of nitrogens with zero attached hydrogens (tertiary/aromatic N) is 1. The summed E-state index contributed by atoms with van der Waals surface area (Å²) in [7, 11) is 1.61. The first-order valence-electron chi connectivity index (χ1n) is 11.3. The third-order valence-corrected chi connectivity index (χ3v) is 7.16. The molecule has 4 aromatic rings. The number of hydrogen-bond acceptors (Lipinski definition) is 5. The van der Waals surface area contributed by atoms with Gasteiger partial charge in [-0.3, -0.25) is 4.79 Å². The predicted octanol–water partition coefficient (Wildman–Crippen LogP) is 7.39. The van der Waals surface area contributed by atoms with Crippen molar-refractivity contribution in [3.8, 4) is 11.5 Å². The monoisotopic (exact) mass is 558 g/mol. The highest BCUT2D eigenvalue weighted by Crippen LogP contribution is 2.36. The van der Waals surface area contributed by atoms with E-state index in [1.165, 1.54) is 11.8 Å². The predicted molar refractivity (Wildman–Crippen MR) is 151 cm³/mol. The zero-order valence-electron chi connectivity index (χ0n) is 19.7. The minimum atomic E-state index is -0.197. The van der Waals surface area contributed by atoms with Gasteiger partial charge in [-0.1, -0.05) is 64.5 Å². The molecule has 0 atom stereocenters. The molecule has 0 radical (unpaired) electrons. The van der Waals surface area contributed by atoms with E-state index in [4.69, 9.17) is 9.47 Å². The number of benzene rings is 4. The molecule has 0 spiro atoms. The molecule has 0 unspecified atom stereocenters. The van der Waals surface area contributed by atoms with Crippen LogP contribution < -0.4 is 14.8 Å². The number of methoxy groups -OCH3 is 1. The summed E-state index contributed by atoms with van der Waals surface area (Å²) in [4.78, 5) is 18.1. The second-order valence-electron chi connectivity index (χ2n) is 8.27. The van der Waals surface area contributed by atoms with Gasteiger partial charge in [0, 0.05) is 10.0 Å². The number of carbonyl (C=O) groups is 1. The van der Waals surface area contributed by atoms with Crippen molar-refractivity contribution in [1.29, 1.82) is 0 Å². The molecule has 0 bridgehead atoms. The Hall–Kier alpha value is -3.55. The largest absolute Gasteiger partial charge is 0.494 e. The van der Waals surface area contributed by atoms with Gasteiger partial charge in [0.15, 0.2) is 5.17 Å². The highest BCUT2D eigenvalue weighted by molar-refractivity contribution is 9.10. The second kappa shape index (κ2) is 10.6. The molecule has 1 aliphatic heterocycles. The summed E-state index contributed by atoms with van der Waals surface area (Å²) in [6.45, 7) is 2.41. The van der Waals surface area contributed by atoms with Gasteiger partial charge in [-0.25, -0.2) is 4.99 Å². The summed E-state index contributed by atoms with van der Waals surface area (Å²) in [5.41, 5.74) is 3.64. The third kappa shape index (κ3) is 5.32. The van der Waals surface area contributed by atoms with Gasteiger partial charge in [-0.05, 0) is 77.0 Å². The minimum Gasteiger partial charge on any atom is -0.494 e. The average molecular weight is 559 g/mol. The van der Waals surface area contributed by atoms with E-state index in [9.17, 15) is 4.79 Å². The third-order valence-electron chi connectivity index (χ3n) is 5.72. The molecule has 1 amide bonds. The molecule has 5 nitrogen and oxygen atoms in total. The van der Waals surface area contributed by atoms with Gasteiger partial charge in [0.25, 0.3) is 5.91 Å². The fraction of sp³-hybridized carbons (Fsp3) is 0.103. The summed E-state index contributed by atoms with van der Waals surface area (Å²) < 4.78 is 12.7. The van der Waals surface area contributed by atoms with Crippen LogP contribution in [0.2, 0.25) is 0 Å². The fourth-order valence-corrected chi connectivity index (χ4v) is 4.98. The van der Waals surface area contributed by atoms with E-state index in [0.717, 1.165) is 31.9 Å². The van der Waals surface area contributed by atoms with Gasteiger partial charge >= 0.3 is 0 Å². The van der Waals surface area contributed by atoms with Gasteiger partial charge in [0.05, 0.1) is 12.0 Å². The van der Waals surface area contributed by atoms with Crippen LogP contribution in [0.1, 0.15) is 16.7 Å². The molecule has 7 heteroatoms. The van der Waals surface area contributed by atoms with E-state index in [0.29, 0.717) is 33.9 Å². The lowest BCUT2D eigenvalue weighted by Crippen LogP contribution is -2.19. The maximum absolute atomic E-state index is 12.9. The zero-order chi connectivity index (χ0) is 25.1. The Morgan fingerprint density at radius 3 is 2.58 bits per heavy atom. The lowest BCUT2D eigenvalue weighted by molar-refractivity contribution is -0.115. The van der Waals surface area contributed by atoms with Gasteiger partial charge in [-0.15, -0.1) is 0 Å². The number of amidine groups is 1. The van der Waals surface area contributed by atoms with Crippen LogP contribution >= 0.6 is 27.7 Å². The highest BCUT2D eigenvalue weighted by atomic mass is 79.9. The first kappa shape index (κ1) is 24.2. The number of rotatable bonds is 6. The quantitative estimate of drug-likeness (QED) is 0.250. The van der Waals surface area contributed by atoms with E-state index < -0.39 is 0 Å². The Bertz CT molecular complexity index is 1510. The van der Waals surface area contributed by atoms with Crippen LogP contribution in [0.15, 0.2) is 93.2 Å². The van der Waals surface area contributed by atoms with Crippen LogP contribution in [0.3, 0.4) is 0 Å². The molecule has 180 valence electrons. The number of halogens is 1. The number of aliphatic imine (C=N–C) groups is 1. The summed E-state index contributed by atoms with van der Waals surface area (Å²) >= 11 is 4.77. The number of ether oxygens (including phenoxy) is 2. The summed E-state index contributed by atoms with van der Waals surface area (Å²) in [5, 5.41) is 5.47. The van der Waals surface area contributed by atoms with Crippen LogP contribution in [-0.2, 0) is 11.4 Å². The molecule has 0 aromatic heterocycles. The summed E-state index contributed by atoms with van der Waals surface area (Å²) in [6, 6.07) is 25.9. The summed E-state index contributed by atoms with van der Waals surface area (Å²) in [5.74, 6) is 1.17. The number of carbonyl (C=O) groups excluding carboxylic acids is 1. The van der Waals surface area contributed by atoms with Crippen LogP contribution in [0, 0.1) is 6.92 Å². The lowest BCUT2D eigenvalue weighted by Gasteiger charge is -2.13. The molecule has 4 aromatic carbocycles. The van der Waals surface area contributed by atoms with Crippen molar-refractivity contribution in [1.82, 2.24) is 5.32 Å². The van der Waals surface area contributed by atoms with Gasteiger partial charge in [0.2, 0.25) is 0 Å². The SMILES string of the molecule is COc1ccc(C)cc1N=C1NC(=O)/C(=C/c2c(OCc3ccc(Br)cc3)ccc3ccccc23)S1. The lowest BCUT2D eigenvalue weighted by atomic mass is 10.0. The van der Waals surface area contributed by atoms with E-state index in [1.54, 1.807) is 7.11 Å². The fourth-order valence-electron chi connectivity index (χ4n) is 3.90. The number of nitrogens with one attached hydrogen (secondary N) is 1. The van der Waals surface area contributed by atoms with Crippen molar-refractivity contribution in [3.05, 3.63) is 105 Å². The standard InChI is InChI=1S/C29H23BrN2O3S/c1-18-7-13-26(34-2)24(15-18)31-29-32-28(33)27(36-29)16-23-22-6-4-3-5-20(22)10-14-25(23)35-17-19-8-11-21(30)12-9-19/h3-16H,17H2,1-2H3,(H,31,32,33)/b27-16-. The van der Waals surface area contributed by atoms with Crippen molar-refractivity contribution < 1.29 is 14.3 Å². The van der Waals surface area contributed by atoms with Crippen molar-refractivity contribution in [3.63, 3.8) is 0 Å². The summed E-state index contributed by atoms with van der Waals surface area (Å²) in [6.07, 6.45) is 1.88. The van der Waals surface area contributed by atoms with Crippen LogP contribution in [0.25, 0.3) is 16.8 Å². The molecule has 1 aliphatic rings. The number of amides is 1. The zero-order valence-corrected chi connectivity index (χ0v) is 22.2. The molecule has 0 saturated carbocycles. The van der Waals surface area contributed by atoms with Crippen molar-refractivity contribution in [2.75, 3.05) is 7.11 Å². The first-order chi connectivity index (χ1) is 17.5. The second-order valence-corrected chi connectivity index (χ2v) is 10.2. The smallest absolute Gasteiger partial charge is 0.264 e. The van der Waals surface area contributed by atoms with Crippen molar-refractivity contribution in [2.45, 2.75) is 13.5 Å². The van der Waals surface area contributed by atoms with Crippen LogP contribution in [0.4, 0.5) is 5.69 Å².